The zero-order valence-corrected chi connectivity index (χ0v) is 13.9. The molecule has 0 radical (unpaired) electrons. The summed E-state index contributed by atoms with van der Waals surface area (Å²) in [5.41, 5.74) is 1.88. The molecule has 3 rings (SSSR count). The van der Waals surface area contributed by atoms with E-state index >= 15 is 0 Å². The summed E-state index contributed by atoms with van der Waals surface area (Å²) in [4.78, 5) is 4.50. The minimum Gasteiger partial charge on any atom is -0.406 e. The van der Waals surface area contributed by atoms with E-state index in [-0.39, 0.29) is 18.4 Å². The molecule has 0 aliphatic carbocycles. The monoisotopic (exact) mass is 366 g/mol. The molecule has 1 atom stereocenters. The molecule has 9 heteroatoms. The highest BCUT2D eigenvalue weighted by Gasteiger charge is 2.31. The molecular formula is C17H17F3N4O2. The first-order valence-corrected chi connectivity index (χ1v) is 7.97. The Hall–Kier alpha value is -2.81. The summed E-state index contributed by atoms with van der Waals surface area (Å²) in [7, 11) is 0. The van der Waals surface area contributed by atoms with Crippen molar-refractivity contribution < 1.29 is 23.0 Å². The number of benzene rings is 1. The van der Waals surface area contributed by atoms with Gasteiger partial charge in [0, 0.05) is 11.8 Å². The lowest BCUT2D eigenvalue weighted by Gasteiger charge is -2.14. The van der Waals surface area contributed by atoms with Gasteiger partial charge in [-0.1, -0.05) is 19.1 Å². The van der Waals surface area contributed by atoms with Gasteiger partial charge in [-0.2, -0.15) is 5.10 Å². The third kappa shape index (κ3) is 4.05. The highest BCUT2D eigenvalue weighted by atomic mass is 19.4. The highest BCUT2D eigenvalue weighted by molar-refractivity contribution is 5.77. The van der Waals surface area contributed by atoms with Crippen LogP contribution in [0.3, 0.4) is 0 Å². The van der Waals surface area contributed by atoms with E-state index in [2.05, 4.69) is 20.1 Å². The van der Waals surface area contributed by atoms with Gasteiger partial charge >= 0.3 is 6.36 Å². The van der Waals surface area contributed by atoms with Crippen LogP contribution in [0.1, 0.15) is 13.3 Å². The summed E-state index contributed by atoms with van der Waals surface area (Å²) in [5.74, 6) is 0.291. The van der Waals surface area contributed by atoms with Crippen molar-refractivity contribution >= 4 is 11.5 Å². The quantitative estimate of drug-likeness (QED) is 0.699. The maximum Gasteiger partial charge on any atom is 0.573 e. The molecular weight excluding hydrogens is 349 g/mol. The van der Waals surface area contributed by atoms with E-state index in [1.54, 1.807) is 23.0 Å². The first-order chi connectivity index (χ1) is 12.4. The summed E-state index contributed by atoms with van der Waals surface area (Å²) < 4.78 is 42.2. The lowest BCUT2D eigenvalue weighted by Crippen LogP contribution is -2.23. The van der Waals surface area contributed by atoms with Crippen molar-refractivity contribution in [1.82, 2.24) is 14.6 Å². The van der Waals surface area contributed by atoms with Crippen LogP contribution in [0.25, 0.3) is 16.8 Å². The van der Waals surface area contributed by atoms with Gasteiger partial charge in [0.05, 0.1) is 18.8 Å². The molecule has 0 saturated carbocycles. The van der Waals surface area contributed by atoms with Crippen molar-refractivity contribution in [3.8, 4) is 16.9 Å². The van der Waals surface area contributed by atoms with Gasteiger partial charge in [0.25, 0.3) is 0 Å². The Morgan fingerprint density at radius 3 is 2.58 bits per heavy atom. The van der Waals surface area contributed by atoms with E-state index in [0.717, 1.165) is 6.42 Å². The summed E-state index contributed by atoms with van der Waals surface area (Å²) in [6.07, 6.45) is -0.679. The molecule has 1 unspecified atom stereocenters. The minimum atomic E-state index is -4.73. The molecule has 6 nitrogen and oxygen atoms in total. The highest BCUT2D eigenvalue weighted by Crippen LogP contribution is 2.28. The van der Waals surface area contributed by atoms with Gasteiger partial charge in [0.2, 0.25) is 0 Å². The number of hydrogen-bond donors (Lipinski definition) is 2. The van der Waals surface area contributed by atoms with Crippen LogP contribution in [-0.4, -0.2) is 38.7 Å². The van der Waals surface area contributed by atoms with Crippen LogP contribution in [-0.2, 0) is 0 Å². The van der Waals surface area contributed by atoms with Crippen LogP contribution < -0.4 is 10.1 Å². The standard InChI is InChI=1S/C17H17F3N4O2/c1-2-12(10-25)22-15-7-8-24-16(23-15)14(9-21-24)11-3-5-13(6-4-11)26-17(18,19)20/h3-9,12,25H,2,10H2,1H3,(H,22,23). The summed E-state index contributed by atoms with van der Waals surface area (Å²) in [6, 6.07) is 7.14. The van der Waals surface area contributed by atoms with Crippen molar-refractivity contribution in [2.24, 2.45) is 0 Å². The second-order valence-corrected chi connectivity index (χ2v) is 5.64. The predicted molar refractivity (Wildman–Crippen MR) is 89.9 cm³/mol. The van der Waals surface area contributed by atoms with Gasteiger partial charge in [-0.15, -0.1) is 13.2 Å². The number of halogens is 3. The zero-order chi connectivity index (χ0) is 18.7. The van der Waals surface area contributed by atoms with E-state index in [4.69, 9.17) is 0 Å². The number of hydrogen-bond acceptors (Lipinski definition) is 5. The SMILES string of the molecule is CCC(CO)Nc1ccn2ncc(-c3ccc(OC(F)(F)F)cc3)c2n1. The van der Waals surface area contributed by atoms with Gasteiger partial charge in [0.15, 0.2) is 5.65 Å². The van der Waals surface area contributed by atoms with Crippen molar-refractivity contribution in [2.75, 3.05) is 11.9 Å². The number of aliphatic hydroxyl groups is 1. The van der Waals surface area contributed by atoms with Crippen LogP contribution in [0.5, 0.6) is 5.75 Å². The fraction of sp³-hybridized carbons (Fsp3) is 0.294. The van der Waals surface area contributed by atoms with Crippen molar-refractivity contribution in [3.63, 3.8) is 0 Å². The Bertz CT molecular complexity index is 874. The van der Waals surface area contributed by atoms with Gasteiger partial charge in [0.1, 0.15) is 11.6 Å². The second-order valence-electron chi connectivity index (χ2n) is 5.64. The largest absolute Gasteiger partial charge is 0.573 e. The number of alkyl halides is 3. The third-order valence-corrected chi connectivity index (χ3v) is 3.83. The minimum absolute atomic E-state index is 0.0177. The first-order valence-electron chi connectivity index (χ1n) is 7.97. The van der Waals surface area contributed by atoms with Gasteiger partial charge < -0.3 is 15.2 Å². The molecule has 2 heterocycles. The first kappa shape index (κ1) is 18.0. The average Bonchev–Trinajstić information content (AvgIpc) is 3.02. The fourth-order valence-corrected chi connectivity index (χ4v) is 2.48. The van der Waals surface area contributed by atoms with Crippen LogP contribution >= 0.6 is 0 Å². The normalized spacial score (nSPS) is 13.0. The molecule has 0 aliphatic rings. The van der Waals surface area contributed by atoms with Gasteiger partial charge in [-0.3, -0.25) is 0 Å². The Morgan fingerprint density at radius 2 is 1.96 bits per heavy atom. The van der Waals surface area contributed by atoms with Crippen LogP contribution in [0.2, 0.25) is 0 Å². The molecule has 26 heavy (non-hydrogen) atoms. The number of rotatable bonds is 6. The number of nitrogens with zero attached hydrogens (tertiary/aromatic N) is 3. The Morgan fingerprint density at radius 1 is 1.23 bits per heavy atom. The van der Waals surface area contributed by atoms with Crippen molar-refractivity contribution in [1.29, 1.82) is 0 Å². The Balaban J connectivity index is 1.90. The molecule has 0 aliphatic heterocycles. The average molecular weight is 366 g/mol. The topological polar surface area (TPSA) is 71.7 Å². The number of nitrogens with one attached hydrogen (secondary N) is 1. The maximum atomic E-state index is 12.3. The van der Waals surface area contributed by atoms with Gasteiger partial charge in [-0.25, -0.2) is 9.50 Å². The van der Waals surface area contributed by atoms with Crippen molar-refractivity contribution in [2.45, 2.75) is 25.7 Å². The van der Waals surface area contributed by atoms with Gasteiger partial charge in [-0.05, 0) is 30.2 Å². The van der Waals surface area contributed by atoms with Crippen LogP contribution in [0.15, 0.2) is 42.7 Å². The summed E-state index contributed by atoms with van der Waals surface area (Å²) >= 11 is 0. The molecule has 2 aromatic heterocycles. The zero-order valence-electron chi connectivity index (χ0n) is 13.9. The lowest BCUT2D eigenvalue weighted by molar-refractivity contribution is -0.274. The van der Waals surface area contributed by atoms with Crippen LogP contribution in [0, 0.1) is 0 Å². The van der Waals surface area contributed by atoms with Crippen LogP contribution in [0.4, 0.5) is 19.0 Å². The van der Waals surface area contributed by atoms with E-state index in [1.165, 1.54) is 24.3 Å². The van der Waals surface area contributed by atoms with E-state index < -0.39 is 6.36 Å². The molecule has 0 bridgehead atoms. The van der Waals surface area contributed by atoms with E-state index in [0.29, 0.717) is 22.6 Å². The number of aliphatic hydroxyl groups excluding tert-OH is 1. The molecule has 0 fully saturated rings. The maximum absolute atomic E-state index is 12.3. The molecule has 2 N–H and O–H groups in total. The van der Waals surface area contributed by atoms with E-state index in [1.807, 2.05) is 6.92 Å². The molecule has 1 aromatic carbocycles. The Kier molecular flexibility index (Phi) is 4.99. The molecule has 3 aromatic rings. The smallest absolute Gasteiger partial charge is 0.406 e. The molecule has 0 spiro atoms. The van der Waals surface area contributed by atoms with Crippen molar-refractivity contribution in [3.05, 3.63) is 42.7 Å². The molecule has 138 valence electrons. The molecule has 0 saturated heterocycles. The third-order valence-electron chi connectivity index (χ3n) is 3.83. The van der Waals surface area contributed by atoms with E-state index in [9.17, 15) is 18.3 Å². The lowest BCUT2D eigenvalue weighted by atomic mass is 10.1. The fourth-order valence-electron chi connectivity index (χ4n) is 2.48. The number of aromatic nitrogens is 3. The number of fused-ring (bicyclic) bond motifs is 1. The summed E-state index contributed by atoms with van der Waals surface area (Å²) in [5, 5.41) is 16.6. The summed E-state index contributed by atoms with van der Waals surface area (Å²) in [6.45, 7) is 1.93. The predicted octanol–water partition coefficient (Wildman–Crippen LogP) is 3.48. The second kappa shape index (κ2) is 7.20. The number of ether oxygens (including phenoxy) is 1. The Labute approximate surface area is 147 Å². The number of anilines is 1. The molecule has 0 amide bonds.